The lowest BCUT2D eigenvalue weighted by molar-refractivity contribution is -0.137. The Labute approximate surface area is 118 Å². The van der Waals surface area contributed by atoms with E-state index in [9.17, 15) is 14.4 Å². The highest BCUT2D eigenvalue weighted by atomic mass is 16.4. The normalized spacial score (nSPS) is 10.7. The second-order valence-electron chi connectivity index (χ2n) is 4.63. The Morgan fingerprint density at radius 2 is 1.52 bits per heavy atom. The average molecular weight is 291 g/mol. The number of H-pyrrole nitrogens is 1. The van der Waals surface area contributed by atoms with Crippen LogP contribution in [0.2, 0.25) is 0 Å². The molecule has 0 fully saturated rings. The number of fused-ring (bicyclic) bond motifs is 1. The summed E-state index contributed by atoms with van der Waals surface area (Å²) >= 11 is 0. The molecule has 1 aromatic carbocycles. The van der Waals surface area contributed by atoms with Crippen LogP contribution >= 0.6 is 0 Å². The largest absolute Gasteiger partial charge is 0.481 e. The van der Waals surface area contributed by atoms with Crippen molar-refractivity contribution in [2.24, 2.45) is 0 Å². The molecule has 0 aliphatic carbocycles. The average Bonchev–Trinajstić information content (AvgIpc) is 2.66. The van der Waals surface area contributed by atoms with Gasteiger partial charge in [-0.25, -0.2) is 0 Å². The lowest BCUT2D eigenvalue weighted by atomic mass is 9.99. The summed E-state index contributed by atoms with van der Waals surface area (Å²) in [5.41, 5.74) is 1.62. The highest BCUT2D eigenvalue weighted by Crippen LogP contribution is 2.27. The van der Waals surface area contributed by atoms with Gasteiger partial charge in [-0.1, -0.05) is 12.1 Å². The van der Waals surface area contributed by atoms with Crippen molar-refractivity contribution in [2.45, 2.75) is 19.3 Å². The van der Waals surface area contributed by atoms with E-state index in [1.54, 1.807) is 18.2 Å². The number of carbonyl (C=O) groups is 3. The van der Waals surface area contributed by atoms with Crippen molar-refractivity contribution in [3.05, 3.63) is 35.0 Å². The number of aliphatic carboxylic acids is 3. The van der Waals surface area contributed by atoms with E-state index >= 15 is 0 Å². The molecule has 0 spiro atoms. The summed E-state index contributed by atoms with van der Waals surface area (Å²) < 4.78 is 0. The summed E-state index contributed by atoms with van der Waals surface area (Å²) in [5.74, 6) is -3.23. The minimum atomic E-state index is -1.10. The van der Waals surface area contributed by atoms with Gasteiger partial charge in [0, 0.05) is 16.6 Å². The lowest BCUT2D eigenvalue weighted by Crippen LogP contribution is -2.08. The zero-order chi connectivity index (χ0) is 15.6. The maximum absolute atomic E-state index is 11.0. The van der Waals surface area contributed by atoms with Crippen LogP contribution in [0.15, 0.2) is 18.2 Å². The summed E-state index contributed by atoms with van der Waals surface area (Å²) in [6.45, 7) is 0. The highest BCUT2D eigenvalue weighted by molar-refractivity contribution is 5.94. The second-order valence-corrected chi connectivity index (χ2v) is 4.63. The van der Waals surface area contributed by atoms with E-state index in [2.05, 4.69) is 4.98 Å². The summed E-state index contributed by atoms with van der Waals surface area (Å²) in [6.07, 6.45) is -0.961. The predicted octanol–water partition coefficient (Wildman–Crippen LogP) is 1.05. The molecule has 0 radical (unpaired) electrons. The SMILES string of the molecule is O=C(O)Cc1[nH]c2cccc(CC(=O)O)c2c1CC(=O)O. The fraction of sp³-hybridized carbons (Fsp3) is 0.214. The first-order valence-electron chi connectivity index (χ1n) is 6.15. The summed E-state index contributed by atoms with van der Waals surface area (Å²) in [5, 5.41) is 27.3. The number of aromatic amines is 1. The van der Waals surface area contributed by atoms with Gasteiger partial charge < -0.3 is 20.3 Å². The van der Waals surface area contributed by atoms with E-state index in [1.807, 2.05) is 0 Å². The Balaban J connectivity index is 2.66. The Morgan fingerprint density at radius 1 is 0.905 bits per heavy atom. The molecule has 0 amide bonds. The van der Waals surface area contributed by atoms with Gasteiger partial charge in [0.25, 0.3) is 0 Å². The van der Waals surface area contributed by atoms with Crippen molar-refractivity contribution in [3.8, 4) is 0 Å². The maximum Gasteiger partial charge on any atom is 0.309 e. The molecule has 2 rings (SSSR count). The Hall–Kier alpha value is -2.83. The first kappa shape index (κ1) is 14.6. The standard InChI is InChI=1S/C14H13NO6/c16-11(17)4-7-2-1-3-9-14(7)8(5-12(18)19)10(15-9)6-13(20)21/h1-3,15H,4-6H2,(H,16,17)(H,18,19)(H,20,21). The van der Waals surface area contributed by atoms with Crippen LogP contribution in [0.25, 0.3) is 10.9 Å². The molecule has 0 atom stereocenters. The van der Waals surface area contributed by atoms with Crippen LogP contribution in [0.4, 0.5) is 0 Å². The zero-order valence-corrected chi connectivity index (χ0v) is 10.9. The minimum absolute atomic E-state index is 0.256. The molecule has 0 unspecified atom stereocenters. The maximum atomic E-state index is 11.0. The molecule has 0 saturated carbocycles. The van der Waals surface area contributed by atoms with Crippen LogP contribution in [0.3, 0.4) is 0 Å². The zero-order valence-electron chi connectivity index (χ0n) is 10.9. The van der Waals surface area contributed by atoms with E-state index in [0.717, 1.165) is 0 Å². The van der Waals surface area contributed by atoms with E-state index in [0.29, 0.717) is 22.0 Å². The number of aromatic nitrogens is 1. The van der Waals surface area contributed by atoms with Crippen molar-refractivity contribution < 1.29 is 29.7 Å². The highest BCUT2D eigenvalue weighted by Gasteiger charge is 2.19. The van der Waals surface area contributed by atoms with Crippen molar-refractivity contribution in [1.29, 1.82) is 0 Å². The van der Waals surface area contributed by atoms with Crippen LogP contribution in [-0.2, 0) is 33.6 Å². The molecule has 4 N–H and O–H groups in total. The van der Waals surface area contributed by atoms with Gasteiger partial charge in [-0.2, -0.15) is 0 Å². The van der Waals surface area contributed by atoms with E-state index < -0.39 is 17.9 Å². The molecule has 0 aliphatic rings. The van der Waals surface area contributed by atoms with Gasteiger partial charge in [0.05, 0.1) is 19.3 Å². The van der Waals surface area contributed by atoms with Crippen molar-refractivity contribution in [3.63, 3.8) is 0 Å². The van der Waals surface area contributed by atoms with E-state index in [4.69, 9.17) is 15.3 Å². The molecule has 7 nitrogen and oxygen atoms in total. The van der Waals surface area contributed by atoms with Gasteiger partial charge in [-0.15, -0.1) is 0 Å². The van der Waals surface area contributed by atoms with E-state index in [-0.39, 0.29) is 25.0 Å². The first-order chi connectivity index (χ1) is 9.88. The number of nitrogens with one attached hydrogen (secondary N) is 1. The molecule has 2 aromatic rings. The quantitative estimate of drug-likeness (QED) is 0.630. The number of hydrogen-bond acceptors (Lipinski definition) is 3. The van der Waals surface area contributed by atoms with Gasteiger partial charge in [0.1, 0.15) is 0 Å². The Morgan fingerprint density at radius 3 is 2.10 bits per heavy atom. The second kappa shape index (κ2) is 5.66. The van der Waals surface area contributed by atoms with Crippen molar-refractivity contribution >= 4 is 28.8 Å². The topological polar surface area (TPSA) is 128 Å². The van der Waals surface area contributed by atoms with E-state index in [1.165, 1.54) is 0 Å². The molecular formula is C14H13NO6. The van der Waals surface area contributed by atoms with Crippen molar-refractivity contribution in [1.82, 2.24) is 4.98 Å². The van der Waals surface area contributed by atoms with Gasteiger partial charge >= 0.3 is 17.9 Å². The van der Waals surface area contributed by atoms with Crippen LogP contribution < -0.4 is 0 Å². The van der Waals surface area contributed by atoms with Crippen LogP contribution in [0.5, 0.6) is 0 Å². The smallest absolute Gasteiger partial charge is 0.309 e. The molecule has 110 valence electrons. The monoisotopic (exact) mass is 291 g/mol. The fourth-order valence-electron chi connectivity index (χ4n) is 2.41. The lowest BCUT2D eigenvalue weighted by Gasteiger charge is -2.04. The number of carboxylic acid groups (broad SMARTS) is 3. The van der Waals surface area contributed by atoms with Gasteiger partial charge in [-0.05, 0) is 17.2 Å². The molecule has 21 heavy (non-hydrogen) atoms. The summed E-state index contributed by atoms with van der Waals surface area (Å²) in [4.78, 5) is 35.7. The molecule has 0 saturated heterocycles. The minimum Gasteiger partial charge on any atom is -0.481 e. The van der Waals surface area contributed by atoms with Crippen LogP contribution in [-0.4, -0.2) is 38.2 Å². The molecule has 1 heterocycles. The predicted molar refractivity (Wildman–Crippen MR) is 72.3 cm³/mol. The van der Waals surface area contributed by atoms with Crippen molar-refractivity contribution in [2.75, 3.05) is 0 Å². The third-order valence-electron chi connectivity index (χ3n) is 3.10. The molecule has 7 heteroatoms. The summed E-state index contributed by atoms with van der Waals surface area (Å²) in [6, 6.07) is 4.91. The molecule has 1 aromatic heterocycles. The molecular weight excluding hydrogens is 278 g/mol. The Kier molecular flexibility index (Phi) is 3.93. The first-order valence-corrected chi connectivity index (χ1v) is 6.15. The number of hydrogen-bond donors (Lipinski definition) is 4. The number of rotatable bonds is 6. The molecule has 0 aliphatic heterocycles. The third kappa shape index (κ3) is 3.19. The summed E-state index contributed by atoms with van der Waals surface area (Å²) in [7, 11) is 0. The van der Waals surface area contributed by atoms with Crippen LogP contribution in [0, 0.1) is 0 Å². The molecule has 0 bridgehead atoms. The van der Waals surface area contributed by atoms with Gasteiger partial charge in [-0.3, -0.25) is 14.4 Å². The number of benzene rings is 1. The Bertz CT molecular complexity index is 730. The number of carboxylic acids is 3. The van der Waals surface area contributed by atoms with Crippen LogP contribution in [0.1, 0.15) is 16.8 Å². The van der Waals surface area contributed by atoms with Gasteiger partial charge in [0.15, 0.2) is 0 Å². The van der Waals surface area contributed by atoms with Gasteiger partial charge in [0.2, 0.25) is 0 Å². The third-order valence-corrected chi connectivity index (χ3v) is 3.10. The fourth-order valence-corrected chi connectivity index (χ4v) is 2.41.